The molecule has 0 bridgehead atoms. The van der Waals surface area contributed by atoms with Crippen LogP contribution in [0.3, 0.4) is 0 Å². The summed E-state index contributed by atoms with van der Waals surface area (Å²) >= 11 is 0. The van der Waals surface area contributed by atoms with Gasteiger partial charge in [-0.05, 0) is 62.8 Å². The van der Waals surface area contributed by atoms with Gasteiger partial charge in [0.1, 0.15) is 5.78 Å². The van der Waals surface area contributed by atoms with E-state index < -0.39 is 0 Å². The van der Waals surface area contributed by atoms with Crippen molar-refractivity contribution in [2.24, 2.45) is 11.8 Å². The Bertz CT molecular complexity index is 831. The number of ketones is 1. The third kappa shape index (κ3) is 7.65. The molecule has 192 valence electrons. The molecule has 1 aromatic carbocycles. The molecule has 2 saturated carbocycles. The van der Waals surface area contributed by atoms with Gasteiger partial charge in [0.05, 0.1) is 0 Å². The average molecular weight is 481 g/mol. The SMILES string of the molecule is O=C(CCCC(=O)N1CCCC2CCCCC21)CC(Cc1ccccc1)C(=O)NC1CCCCC1. The lowest BCUT2D eigenvalue weighted by molar-refractivity contribution is -0.137. The number of rotatable bonds is 10. The van der Waals surface area contributed by atoms with Crippen LogP contribution in [0.2, 0.25) is 0 Å². The molecule has 2 aliphatic carbocycles. The zero-order chi connectivity index (χ0) is 24.5. The monoisotopic (exact) mass is 480 g/mol. The van der Waals surface area contributed by atoms with Crippen LogP contribution in [0, 0.1) is 11.8 Å². The third-order valence-corrected chi connectivity index (χ3v) is 8.53. The first-order valence-corrected chi connectivity index (χ1v) is 14.3. The van der Waals surface area contributed by atoms with E-state index in [1.165, 1.54) is 44.9 Å². The number of likely N-dealkylation sites (tertiary alicyclic amines) is 1. The number of hydrogen-bond donors (Lipinski definition) is 1. The number of fused-ring (bicyclic) bond motifs is 1. The number of amides is 2. The summed E-state index contributed by atoms with van der Waals surface area (Å²) in [6.45, 7) is 0.883. The summed E-state index contributed by atoms with van der Waals surface area (Å²) in [5.74, 6) is 0.691. The molecule has 5 nitrogen and oxygen atoms in total. The summed E-state index contributed by atoms with van der Waals surface area (Å²) in [6.07, 6.45) is 15.2. The maximum atomic E-state index is 13.1. The highest BCUT2D eigenvalue weighted by atomic mass is 16.2. The van der Waals surface area contributed by atoms with E-state index in [2.05, 4.69) is 10.2 Å². The van der Waals surface area contributed by atoms with Gasteiger partial charge in [0.2, 0.25) is 11.8 Å². The summed E-state index contributed by atoms with van der Waals surface area (Å²) in [5.41, 5.74) is 1.09. The Morgan fingerprint density at radius 1 is 0.857 bits per heavy atom. The van der Waals surface area contributed by atoms with Crippen molar-refractivity contribution >= 4 is 17.6 Å². The van der Waals surface area contributed by atoms with Crippen molar-refractivity contribution in [3.63, 3.8) is 0 Å². The van der Waals surface area contributed by atoms with Gasteiger partial charge in [0, 0.05) is 43.8 Å². The number of benzene rings is 1. The van der Waals surface area contributed by atoms with Crippen molar-refractivity contribution in [3.05, 3.63) is 35.9 Å². The summed E-state index contributed by atoms with van der Waals surface area (Å²) in [6, 6.07) is 10.7. The Balaban J connectivity index is 1.27. The van der Waals surface area contributed by atoms with Crippen LogP contribution in [-0.4, -0.2) is 41.1 Å². The number of carbonyl (C=O) groups is 3. The van der Waals surface area contributed by atoms with Crippen molar-refractivity contribution in [3.8, 4) is 0 Å². The number of Topliss-reactive ketones (excluding diaryl/α,β-unsaturated/α-hetero) is 1. The van der Waals surface area contributed by atoms with Crippen LogP contribution in [0.1, 0.15) is 102 Å². The average Bonchev–Trinajstić information content (AvgIpc) is 2.89. The Hall–Kier alpha value is -2.17. The highest BCUT2D eigenvalue weighted by Gasteiger charge is 2.35. The molecule has 3 aliphatic rings. The first-order valence-electron chi connectivity index (χ1n) is 14.3. The lowest BCUT2D eigenvalue weighted by atomic mass is 9.78. The Morgan fingerprint density at radius 2 is 1.57 bits per heavy atom. The molecule has 1 aliphatic heterocycles. The standard InChI is InChI=1S/C30H44N2O3/c33-27(17-9-19-29(34)32-20-10-14-24-13-7-8-18-28(24)32)22-25(21-23-11-3-1-4-12-23)30(35)31-26-15-5-2-6-16-26/h1,3-4,11-12,24-26,28H,2,5-10,13-22H2,(H,31,35). The maximum Gasteiger partial charge on any atom is 0.224 e. The fourth-order valence-corrected chi connectivity index (χ4v) is 6.61. The van der Waals surface area contributed by atoms with Crippen molar-refractivity contribution in [2.45, 2.75) is 115 Å². The van der Waals surface area contributed by atoms with Crippen LogP contribution in [0.5, 0.6) is 0 Å². The molecule has 1 saturated heterocycles. The Kier molecular flexibility index (Phi) is 9.79. The predicted molar refractivity (Wildman–Crippen MR) is 139 cm³/mol. The first kappa shape index (κ1) is 25.9. The molecule has 0 aromatic heterocycles. The number of nitrogens with one attached hydrogen (secondary N) is 1. The van der Waals surface area contributed by atoms with Crippen molar-refractivity contribution in [1.82, 2.24) is 10.2 Å². The first-order chi connectivity index (χ1) is 17.1. The van der Waals surface area contributed by atoms with Crippen LogP contribution in [0.4, 0.5) is 0 Å². The van der Waals surface area contributed by atoms with E-state index in [0.717, 1.165) is 37.8 Å². The number of carbonyl (C=O) groups excluding carboxylic acids is 3. The topological polar surface area (TPSA) is 66.5 Å². The van der Waals surface area contributed by atoms with E-state index in [4.69, 9.17) is 0 Å². The lowest BCUT2D eigenvalue weighted by Crippen LogP contribution is -2.49. The van der Waals surface area contributed by atoms with Crippen LogP contribution < -0.4 is 5.32 Å². The van der Waals surface area contributed by atoms with Gasteiger partial charge in [-0.3, -0.25) is 14.4 Å². The Morgan fingerprint density at radius 3 is 2.37 bits per heavy atom. The molecule has 3 fully saturated rings. The minimum atomic E-state index is -0.340. The Labute approximate surface area is 211 Å². The van der Waals surface area contributed by atoms with E-state index in [0.29, 0.717) is 37.6 Å². The van der Waals surface area contributed by atoms with Crippen LogP contribution >= 0.6 is 0 Å². The molecule has 1 heterocycles. The summed E-state index contributed by atoms with van der Waals surface area (Å²) in [5, 5.41) is 3.24. The van der Waals surface area contributed by atoms with Crippen molar-refractivity contribution in [1.29, 1.82) is 0 Å². The van der Waals surface area contributed by atoms with E-state index in [9.17, 15) is 14.4 Å². The number of nitrogens with zero attached hydrogens (tertiary/aromatic N) is 1. The minimum Gasteiger partial charge on any atom is -0.353 e. The molecule has 4 rings (SSSR count). The fraction of sp³-hybridized carbons (Fsp3) is 0.700. The molecular weight excluding hydrogens is 436 g/mol. The molecule has 3 atom stereocenters. The second-order valence-electron chi connectivity index (χ2n) is 11.2. The molecule has 35 heavy (non-hydrogen) atoms. The molecule has 0 radical (unpaired) electrons. The molecule has 3 unspecified atom stereocenters. The van der Waals surface area contributed by atoms with Gasteiger partial charge >= 0.3 is 0 Å². The van der Waals surface area contributed by atoms with Gasteiger partial charge in [-0.2, -0.15) is 0 Å². The largest absolute Gasteiger partial charge is 0.353 e. The molecule has 5 heteroatoms. The zero-order valence-electron chi connectivity index (χ0n) is 21.4. The quantitative estimate of drug-likeness (QED) is 0.474. The van der Waals surface area contributed by atoms with Gasteiger partial charge in [-0.1, -0.05) is 62.4 Å². The van der Waals surface area contributed by atoms with Gasteiger partial charge in [0.15, 0.2) is 0 Å². The van der Waals surface area contributed by atoms with E-state index in [-0.39, 0.29) is 36.0 Å². The number of piperidine rings is 1. The summed E-state index contributed by atoms with van der Waals surface area (Å²) in [4.78, 5) is 41.2. The summed E-state index contributed by atoms with van der Waals surface area (Å²) < 4.78 is 0. The van der Waals surface area contributed by atoms with E-state index >= 15 is 0 Å². The smallest absolute Gasteiger partial charge is 0.224 e. The highest BCUT2D eigenvalue weighted by Crippen LogP contribution is 2.35. The second-order valence-corrected chi connectivity index (χ2v) is 11.2. The molecule has 2 amide bonds. The van der Waals surface area contributed by atoms with E-state index in [1.807, 2.05) is 30.3 Å². The maximum absolute atomic E-state index is 13.1. The molecular formula is C30H44N2O3. The molecule has 1 aromatic rings. The lowest BCUT2D eigenvalue weighted by Gasteiger charge is -2.44. The normalized spacial score (nSPS) is 23.8. The van der Waals surface area contributed by atoms with Crippen LogP contribution in [-0.2, 0) is 20.8 Å². The van der Waals surface area contributed by atoms with Crippen molar-refractivity contribution in [2.75, 3.05) is 6.54 Å². The predicted octanol–water partition coefficient (Wildman–Crippen LogP) is 5.60. The van der Waals surface area contributed by atoms with Crippen molar-refractivity contribution < 1.29 is 14.4 Å². The van der Waals surface area contributed by atoms with Crippen LogP contribution in [0.15, 0.2) is 30.3 Å². The molecule has 1 N–H and O–H groups in total. The number of hydrogen-bond acceptors (Lipinski definition) is 3. The van der Waals surface area contributed by atoms with Gasteiger partial charge in [-0.15, -0.1) is 0 Å². The zero-order valence-corrected chi connectivity index (χ0v) is 21.4. The fourth-order valence-electron chi connectivity index (χ4n) is 6.61. The second kappa shape index (κ2) is 13.2. The minimum absolute atomic E-state index is 0.0156. The van der Waals surface area contributed by atoms with Gasteiger partial charge < -0.3 is 10.2 Å². The van der Waals surface area contributed by atoms with Crippen LogP contribution in [0.25, 0.3) is 0 Å². The highest BCUT2D eigenvalue weighted by molar-refractivity contribution is 5.87. The molecule has 0 spiro atoms. The summed E-state index contributed by atoms with van der Waals surface area (Å²) in [7, 11) is 0. The van der Waals surface area contributed by atoms with Gasteiger partial charge in [-0.25, -0.2) is 0 Å². The van der Waals surface area contributed by atoms with Gasteiger partial charge in [0.25, 0.3) is 0 Å². The third-order valence-electron chi connectivity index (χ3n) is 8.53. The van der Waals surface area contributed by atoms with E-state index in [1.54, 1.807) is 0 Å².